The van der Waals surface area contributed by atoms with Gasteiger partial charge in [-0.25, -0.2) is 0 Å². The maximum atomic E-state index is 9.69. The summed E-state index contributed by atoms with van der Waals surface area (Å²) in [6.07, 6.45) is 3.50. The van der Waals surface area contributed by atoms with Crippen LogP contribution in [-0.2, 0) is 0 Å². The molecule has 0 aromatic rings. The molecule has 0 heterocycles. The Morgan fingerprint density at radius 2 is 1.95 bits per heavy atom. The van der Waals surface area contributed by atoms with E-state index in [2.05, 4.69) is 24.3 Å². The van der Waals surface area contributed by atoms with Crippen LogP contribution in [-0.4, -0.2) is 35.3 Å². The van der Waals surface area contributed by atoms with Crippen molar-refractivity contribution in [3.05, 3.63) is 0 Å². The highest BCUT2D eigenvalue weighted by Gasteiger charge is 2.22. The Morgan fingerprint density at radius 1 is 1.32 bits per heavy atom. The summed E-state index contributed by atoms with van der Waals surface area (Å²) in [5, 5.41) is 24.7. The zero-order valence-corrected chi connectivity index (χ0v) is 12.8. The molecule has 5 nitrogen and oxygen atoms in total. The van der Waals surface area contributed by atoms with Gasteiger partial charge in [0.2, 0.25) is 0 Å². The third-order valence-electron chi connectivity index (χ3n) is 3.33. The molecule has 5 N–H and O–H groups in total. The topological polar surface area (TPSA) is 90.9 Å². The van der Waals surface area contributed by atoms with Crippen LogP contribution in [0.1, 0.15) is 53.4 Å². The van der Waals surface area contributed by atoms with Crippen LogP contribution in [0.3, 0.4) is 0 Å². The molecule has 0 spiro atoms. The molecule has 1 atom stereocenters. The molecule has 0 aromatic carbocycles. The summed E-state index contributed by atoms with van der Waals surface area (Å²) >= 11 is 0. The molecule has 5 heteroatoms. The van der Waals surface area contributed by atoms with E-state index in [-0.39, 0.29) is 17.4 Å². The summed E-state index contributed by atoms with van der Waals surface area (Å²) in [5.41, 5.74) is 5.37. The lowest BCUT2D eigenvalue weighted by molar-refractivity contribution is 0.146. The van der Waals surface area contributed by atoms with E-state index in [1.54, 1.807) is 0 Å². The average Bonchev–Trinajstić information content (AvgIpc) is 2.31. The molecule has 0 fully saturated rings. The number of rotatable bonds is 10. The molecule has 0 aromatic heterocycles. The van der Waals surface area contributed by atoms with Gasteiger partial charge in [-0.2, -0.15) is 0 Å². The van der Waals surface area contributed by atoms with E-state index < -0.39 is 0 Å². The summed E-state index contributed by atoms with van der Waals surface area (Å²) in [7, 11) is 0. The lowest BCUT2D eigenvalue weighted by Gasteiger charge is -2.22. The molecule has 19 heavy (non-hydrogen) atoms. The number of nitrogens with zero attached hydrogens (tertiary/aromatic N) is 1. The molecular formula is C14H31N3O2. The van der Waals surface area contributed by atoms with Crippen molar-refractivity contribution in [1.29, 1.82) is 0 Å². The van der Waals surface area contributed by atoms with Gasteiger partial charge in [-0.1, -0.05) is 39.3 Å². The number of nitrogens with two attached hydrogens (primary N) is 1. The van der Waals surface area contributed by atoms with Crippen LogP contribution in [0.25, 0.3) is 0 Å². The Morgan fingerprint density at radius 3 is 2.47 bits per heavy atom. The molecule has 0 radical (unpaired) electrons. The zero-order valence-electron chi connectivity index (χ0n) is 12.8. The van der Waals surface area contributed by atoms with Gasteiger partial charge in [-0.05, 0) is 31.7 Å². The number of unbranched alkanes of at least 4 members (excludes halogenated alkanes) is 1. The van der Waals surface area contributed by atoms with Crippen LogP contribution in [0.4, 0.5) is 0 Å². The van der Waals surface area contributed by atoms with Crippen LogP contribution in [0.5, 0.6) is 0 Å². The molecule has 0 saturated carbocycles. The summed E-state index contributed by atoms with van der Waals surface area (Å²) in [6.45, 7) is 9.71. The molecule has 0 bridgehead atoms. The second-order valence-electron chi connectivity index (χ2n) is 6.31. The molecule has 0 aliphatic rings. The molecule has 0 rings (SSSR count). The maximum absolute atomic E-state index is 9.69. The Hall–Kier alpha value is -0.810. The van der Waals surface area contributed by atoms with E-state index in [4.69, 9.17) is 10.9 Å². The molecule has 0 aliphatic heterocycles. The smallest absolute Gasteiger partial charge is 0.144 e. The SMILES string of the molecule is CC(C)CC(O)CNCCCCC(C)(C)C(N)=NO. The Kier molecular flexibility index (Phi) is 8.76. The Balaban J connectivity index is 3.61. The van der Waals surface area contributed by atoms with Crippen molar-refractivity contribution < 1.29 is 10.3 Å². The van der Waals surface area contributed by atoms with E-state index in [9.17, 15) is 5.11 Å². The molecule has 0 amide bonds. The number of oxime groups is 1. The van der Waals surface area contributed by atoms with Crippen molar-refractivity contribution >= 4 is 5.84 Å². The number of hydrogen-bond donors (Lipinski definition) is 4. The van der Waals surface area contributed by atoms with Crippen molar-refractivity contribution in [1.82, 2.24) is 5.32 Å². The predicted octanol–water partition coefficient (Wildman–Crippen LogP) is 1.93. The summed E-state index contributed by atoms with van der Waals surface area (Å²) < 4.78 is 0. The Labute approximate surface area is 117 Å². The van der Waals surface area contributed by atoms with Crippen LogP contribution >= 0.6 is 0 Å². The van der Waals surface area contributed by atoms with Crippen LogP contribution < -0.4 is 11.1 Å². The normalized spacial score (nSPS) is 14.9. The van der Waals surface area contributed by atoms with Gasteiger partial charge in [-0.3, -0.25) is 0 Å². The van der Waals surface area contributed by atoms with E-state index in [1.165, 1.54) is 0 Å². The molecule has 0 aliphatic carbocycles. The van der Waals surface area contributed by atoms with Gasteiger partial charge in [0.25, 0.3) is 0 Å². The van der Waals surface area contributed by atoms with E-state index in [0.717, 1.165) is 32.2 Å². The van der Waals surface area contributed by atoms with Crippen molar-refractivity contribution in [2.24, 2.45) is 22.2 Å². The summed E-state index contributed by atoms with van der Waals surface area (Å²) in [5.74, 6) is 0.811. The van der Waals surface area contributed by atoms with E-state index in [1.807, 2.05) is 13.8 Å². The van der Waals surface area contributed by atoms with Gasteiger partial charge < -0.3 is 21.4 Å². The maximum Gasteiger partial charge on any atom is 0.144 e. The zero-order chi connectivity index (χ0) is 14.9. The van der Waals surface area contributed by atoms with Gasteiger partial charge in [0.1, 0.15) is 5.84 Å². The number of aliphatic hydroxyl groups excluding tert-OH is 1. The van der Waals surface area contributed by atoms with E-state index in [0.29, 0.717) is 12.5 Å². The third-order valence-corrected chi connectivity index (χ3v) is 3.33. The van der Waals surface area contributed by atoms with Crippen LogP contribution in [0.15, 0.2) is 5.16 Å². The first-order chi connectivity index (χ1) is 8.79. The van der Waals surface area contributed by atoms with Crippen LogP contribution in [0.2, 0.25) is 0 Å². The first-order valence-corrected chi connectivity index (χ1v) is 7.16. The fourth-order valence-electron chi connectivity index (χ4n) is 1.98. The second kappa shape index (κ2) is 9.15. The fourth-order valence-corrected chi connectivity index (χ4v) is 1.98. The summed E-state index contributed by atoms with van der Waals surface area (Å²) in [6, 6.07) is 0. The number of hydrogen-bond acceptors (Lipinski definition) is 4. The Bertz CT molecular complexity index is 265. The van der Waals surface area contributed by atoms with Crippen molar-refractivity contribution in [2.75, 3.05) is 13.1 Å². The quantitative estimate of drug-likeness (QED) is 0.161. The molecule has 1 unspecified atom stereocenters. The minimum absolute atomic E-state index is 0.256. The molecule has 0 saturated heterocycles. The minimum atomic E-state index is -0.258. The van der Waals surface area contributed by atoms with Crippen LogP contribution in [0, 0.1) is 11.3 Å². The van der Waals surface area contributed by atoms with Gasteiger partial charge >= 0.3 is 0 Å². The first-order valence-electron chi connectivity index (χ1n) is 7.16. The molecular weight excluding hydrogens is 242 g/mol. The third kappa shape index (κ3) is 8.83. The average molecular weight is 273 g/mol. The van der Waals surface area contributed by atoms with Gasteiger partial charge in [0.15, 0.2) is 0 Å². The highest BCUT2D eigenvalue weighted by atomic mass is 16.4. The monoisotopic (exact) mass is 273 g/mol. The highest BCUT2D eigenvalue weighted by Crippen LogP contribution is 2.23. The van der Waals surface area contributed by atoms with Gasteiger partial charge in [0, 0.05) is 12.0 Å². The van der Waals surface area contributed by atoms with Crippen molar-refractivity contribution in [3.8, 4) is 0 Å². The number of amidine groups is 1. The van der Waals surface area contributed by atoms with Crippen molar-refractivity contribution in [2.45, 2.75) is 59.5 Å². The lowest BCUT2D eigenvalue weighted by atomic mass is 9.86. The van der Waals surface area contributed by atoms with Gasteiger partial charge in [-0.15, -0.1) is 0 Å². The van der Waals surface area contributed by atoms with E-state index >= 15 is 0 Å². The number of aliphatic hydroxyl groups is 1. The highest BCUT2D eigenvalue weighted by molar-refractivity contribution is 5.85. The lowest BCUT2D eigenvalue weighted by Crippen LogP contribution is -2.32. The molecule has 114 valence electrons. The van der Waals surface area contributed by atoms with Gasteiger partial charge in [0.05, 0.1) is 6.10 Å². The minimum Gasteiger partial charge on any atom is -0.409 e. The number of nitrogens with one attached hydrogen (secondary N) is 1. The summed E-state index contributed by atoms with van der Waals surface area (Å²) in [4.78, 5) is 0. The van der Waals surface area contributed by atoms with Crippen molar-refractivity contribution in [3.63, 3.8) is 0 Å². The standard InChI is InChI=1S/C14H31N3O2/c1-11(2)9-12(18)10-16-8-6-5-7-14(3,4)13(15)17-19/h11-12,16,18-19H,5-10H2,1-4H3,(H2,15,17). The predicted molar refractivity (Wildman–Crippen MR) is 79.4 cm³/mol. The largest absolute Gasteiger partial charge is 0.409 e. The fraction of sp³-hybridized carbons (Fsp3) is 0.929. The first kappa shape index (κ1) is 18.2. The second-order valence-corrected chi connectivity index (χ2v) is 6.31.